The normalized spacial score (nSPS) is 11.7. The van der Waals surface area contributed by atoms with E-state index >= 15 is 0 Å². The SMILES string of the molecule is CCOC(=O)C(C#N)CCN(C)c1cccc2ccccc12. The predicted octanol–water partition coefficient (Wildman–Crippen LogP) is 3.37. The molecule has 1 unspecified atom stereocenters. The average Bonchev–Trinajstić information content (AvgIpc) is 2.55. The molecule has 0 spiro atoms. The van der Waals surface area contributed by atoms with Crippen molar-refractivity contribution in [1.29, 1.82) is 5.26 Å². The number of esters is 1. The van der Waals surface area contributed by atoms with Gasteiger partial charge in [0, 0.05) is 24.7 Å². The third-order valence-electron chi connectivity index (χ3n) is 3.66. The fraction of sp³-hybridized carbons (Fsp3) is 0.333. The van der Waals surface area contributed by atoms with Gasteiger partial charge in [0.25, 0.3) is 0 Å². The monoisotopic (exact) mass is 296 g/mol. The first-order valence-corrected chi connectivity index (χ1v) is 7.42. The molecular weight excluding hydrogens is 276 g/mol. The third-order valence-corrected chi connectivity index (χ3v) is 3.66. The van der Waals surface area contributed by atoms with Gasteiger partial charge in [0.05, 0.1) is 12.7 Å². The van der Waals surface area contributed by atoms with Gasteiger partial charge in [-0.1, -0.05) is 36.4 Å². The Morgan fingerprint density at radius 3 is 2.73 bits per heavy atom. The molecule has 0 aliphatic rings. The van der Waals surface area contributed by atoms with E-state index in [9.17, 15) is 4.79 Å². The van der Waals surface area contributed by atoms with E-state index in [1.54, 1.807) is 6.92 Å². The van der Waals surface area contributed by atoms with E-state index in [1.165, 1.54) is 5.39 Å². The van der Waals surface area contributed by atoms with Crippen molar-refractivity contribution < 1.29 is 9.53 Å². The molecular formula is C18H20N2O2. The zero-order valence-corrected chi connectivity index (χ0v) is 13.0. The number of anilines is 1. The number of nitrogens with zero attached hydrogens (tertiary/aromatic N) is 2. The van der Waals surface area contributed by atoms with Crippen LogP contribution in [0.3, 0.4) is 0 Å². The molecule has 4 heteroatoms. The Bertz CT molecular complexity index is 686. The van der Waals surface area contributed by atoms with Gasteiger partial charge >= 0.3 is 5.97 Å². The van der Waals surface area contributed by atoms with Gasteiger partial charge in [-0.2, -0.15) is 5.26 Å². The van der Waals surface area contributed by atoms with E-state index in [4.69, 9.17) is 10.00 Å². The van der Waals surface area contributed by atoms with Crippen LogP contribution in [0.4, 0.5) is 5.69 Å². The van der Waals surface area contributed by atoms with Crippen molar-refractivity contribution in [3.8, 4) is 6.07 Å². The molecule has 2 rings (SSSR count). The fourth-order valence-corrected chi connectivity index (χ4v) is 2.46. The van der Waals surface area contributed by atoms with Crippen molar-refractivity contribution in [2.75, 3.05) is 25.1 Å². The van der Waals surface area contributed by atoms with Crippen LogP contribution in [0, 0.1) is 17.2 Å². The summed E-state index contributed by atoms with van der Waals surface area (Å²) < 4.78 is 4.92. The molecule has 0 saturated carbocycles. The zero-order chi connectivity index (χ0) is 15.9. The number of carbonyl (C=O) groups excluding carboxylic acids is 1. The van der Waals surface area contributed by atoms with Gasteiger partial charge in [-0.25, -0.2) is 0 Å². The van der Waals surface area contributed by atoms with Gasteiger partial charge in [0.2, 0.25) is 0 Å². The Kier molecular flexibility index (Phi) is 5.37. The molecule has 22 heavy (non-hydrogen) atoms. The van der Waals surface area contributed by atoms with Crippen molar-refractivity contribution in [2.24, 2.45) is 5.92 Å². The second kappa shape index (κ2) is 7.46. The lowest BCUT2D eigenvalue weighted by Gasteiger charge is -2.22. The number of benzene rings is 2. The lowest BCUT2D eigenvalue weighted by molar-refractivity contribution is -0.146. The van der Waals surface area contributed by atoms with E-state index < -0.39 is 11.9 Å². The summed E-state index contributed by atoms with van der Waals surface area (Å²) in [6, 6.07) is 16.3. The van der Waals surface area contributed by atoms with E-state index in [2.05, 4.69) is 23.1 Å². The van der Waals surface area contributed by atoms with Crippen LogP contribution in [-0.2, 0) is 9.53 Å². The number of ether oxygens (including phenoxy) is 1. The minimum atomic E-state index is -0.711. The van der Waals surface area contributed by atoms with Crippen LogP contribution in [-0.4, -0.2) is 26.2 Å². The highest BCUT2D eigenvalue weighted by molar-refractivity contribution is 5.94. The highest BCUT2D eigenvalue weighted by Gasteiger charge is 2.19. The molecule has 0 amide bonds. The second-order valence-corrected chi connectivity index (χ2v) is 5.14. The third kappa shape index (κ3) is 3.56. The Morgan fingerprint density at radius 2 is 2.00 bits per heavy atom. The Morgan fingerprint density at radius 1 is 1.27 bits per heavy atom. The summed E-state index contributed by atoms with van der Waals surface area (Å²) in [6.45, 7) is 2.66. The highest BCUT2D eigenvalue weighted by atomic mass is 16.5. The molecule has 0 saturated heterocycles. The topological polar surface area (TPSA) is 53.3 Å². The fourth-order valence-electron chi connectivity index (χ4n) is 2.46. The molecule has 0 aliphatic carbocycles. The van der Waals surface area contributed by atoms with E-state index in [-0.39, 0.29) is 0 Å². The smallest absolute Gasteiger partial charge is 0.323 e. The summed E-state index contributed by atoms with van der Waals surface area (Å²) in [5, 5.41) is 11.4. The lowest BCUT2D eigenvalue weighted by Crippen LogP contribution is -2.25. The summed E-state index contributed by atoms with van der Waals surface area (Å²) in [7, 11) is 1.97. The van der Waals surface area contributed by atoms with Crippen molar-refractivity contribution in [2.45, 2.75) is 13.3 Å². The predicted molar refractivity (Wildman–Crippen MR) is 87.6 cm³/mol. The first-order chi connectivity index (χ1) is 10.7. The van der Waals surface area contributed by atoms with E-state index in [1.807, 2.05) is 37.4 Å². The standard InChI is InChI=1S/C18H20N2O2/c1-3-22-18(21)15(13-19)11-12-20(2)17-10-6-8-14-7-4-5-9-16(14)17/h4-10,15H,3,11-12H2,1-2H3. The van der Waals surface area contributed by atoms with Crippen LogP contribution in [0.5, 0.6) is 0 Å². The summed E-state index contributed by atoms with van der Waals surface area (Å²) in [5.74, 6) is -1.14. The first-order valence-electron chi connectivity index (χ1n) is 7.42. The number of hydrogen-bond acceptors (Lipinski definition) is 4. The molecule has 0 N–H and O–H groups in total. The zero-order valence-electron chi connectivity index (χ0n) is 13.0. The van der Waals surface area contributed by atoms with Crippen LogP contribution in [0.1, 0.15) is 13.3 Å². The molecule has 0 fully saturated rings. The van der Waals surface area contributed by atoms with Gasteiger partial charge in [0.1, 0.15) is 5.92 Å². The summed E-state index contributed by atoms with van der Waals surface area (Å²) in [4.78, 5) is 13.7. The Balaban J connectivity index is 2.10. The van der Waals surface area contributed by atoms with E-state index in [0.717, 1.165) is 11.1 Å². The van der Waals surface area contributed by atoms with Gasteiger partial charge in [-0.15, -0.1) is 0 Å². The average molecular weight is 296 g/mol. The van der Waals surface area contributed by atoms with Gasteiger partial charge in [0.15, 0.2) is 0 Å². The minimum absolute atomic E-state index is 0.302. The molecule has 0 heterocycles. The molecule has 4 nitrogen and oxygen atoms in total. The second-order valence-electron chi connectivity index (χ2n) is 5.14. The number of fused-ring (bicyclic) bond motifs is 1. The largest absolute Gasteiger partial charge is 0.465 e. The number of nitriles is 1. The first kappa shape index (κ1) is 15.8. The maximum atomic E-state index is 11.7. The molecule has 0 bridgehead atoms. The minimum Gasteiger partial charge on any atom is -0.465 e. The van der Waals surface area contributed by atoms with Crippen LogP contribution < -0.4 is 4.90 Å². The molecule has 0 aliphatic heterocycles. The molecule has 0 aromatic heterocycles. The van der Waals surface area contributed by atoms with Gasteiger partial charge in [-0.3, -0.25) is 4.79 Å². The van der Waals surface area contributed by atoms with Crippen molar-refractivity contribution >= 4 is 22.4 Å². The molecule has 1 atom stereocenters. The molecule has 2 aromatic rings. The summed E-state index contributed by atoms with van der Waals surface area (Å²) >= 11 is 0. The van der Waals surface area contributed by atoms with Crippen molar-refractivity contribution in [1.82, 2.24) is 0 Å². The van der Waals surface area contributed by atoms with Crippen LogP contribution in [0.25, 0.3) is 10.8 Å². The summed E-state index contributed by atoms with van der Waals surface area (Å²) in [6.07, 6.45) is 0.453. The highest BCUT2D eigenvalue weighted by Crippen LogP contribution is 2.26. The van der Waals surface area contributed by atoms with Gasteiger partial charge < -0.3 is 9.64 Å². The maximum absolute atomic E-state index is 11.7. The van der Waals surface area contributed by atoms with Crippen molar-refractivity contribution in [3.05, 3.63) is 42.5 Å². The Hall–Kier alpha value is -2.54. The molecule has 2 aromatic carbocycles. The number of hydrogen-bond donors (Lipinski definition) is 0. The van der Waals surface area contributed by atoms with Gasteiger partial charge in [-0.05, 0) is 24.8 Å². The molecule has 114 valence electrons. The number of rotatable bonds is 6. The Labute approximate surface area is 130 Å². The van der Waals surface area contributed by atoms with Crippen LogP contribution in [0.2, 0.25) is 0 Å². The quantitative estimate of drug-likeness (QED) is 0.767. The van der Waals surface area contributed by atoms with Crippen LogP contribution >= 0.6 is 0 Å². The van der Waals surface area contributed by atoms with Crippen LogP contribution in [0.15, 0.2) is 42.5 Å². The maximum Gasteiger partial charge on any atom is 0.323 e. The summed E-state index contributed by atoms with van der Waals surface area (Å²) in [5.41, 5.74) is 1.10. The van der Waals surface area contributed by atoms with E-state index in [0.29, 0.717) is 19.6 Å². The number of carbonyl (C=O) groups is 1. The lowest BCUT2D eigenvalue weighted by atomic mass is 10.1. The van der Waals surface area contributed by atoms with Crippen molar-refractivity contribution in [3.63, 3.8) is 0 Å². The molecule has 0 radical (unpaired) electrons.